The summed E-state index contributed by atoms with van der Waals surface area (Å²) in [6.45, 7) is 6.64. The van der Waals surface area contributed by atoms with Crippen molar-refractivity contribution in [2.24, 2.45) is 0 Å². The molecule has 1 N–H and O–H groups in total. The highest BCUT2D eigenvalue weighted by Crippen LogP contribution is 2.46. The number of halogens is 1. The van der Waals surface area contributed by atoms with Gasteiger partial charge in [0.2, 0.25) is 0 Å². The molecule has 0 amide bonds. The second kappa shape index (κ2) is 5.22. The van der Waals surface area contributed by atoms with Gasteiger partial charge in [-0.15, -0.1) is 0 Å². The monoisotopic (exact) mass is 281 g/mol. The number of fused-ring (bicyclic) bond motifs is 1. The Morgan fingerprint density at radius 3 is 2.79 bits per heavy atom. The van der Waals surface area contributed by atoms with Crippen LogP contribution in [0, 0.1) is 0 Å². The van der Waals surface area contributed by atoms with Crippen LogP contribution in [0.1, 0.15) is 49.8 Å². The van der Waals surface area contributed by atoms with E-state index in [9.17, 15) is 0 Å². The normalized spacial score (nSPS) is 22.0. The molecule has 0 saturated carbocycles. The Hall–Kier alpha value is -0.930. The van der Waals surface area contributed by atoms with Gasteiger partial charge < -0.3 is 14.8 Å². The number of hydrogen-bond donors (Lipinski definition) is 1. The zero-order valence-electron chi connectivity index (χ0n) is 11.5. The molecule has 2 aliphatic heterocycles. The van der Waals surface area contributed by atoms with Crippen molar-refractivity contribution in [3.8, 4) is 11.5 Å². The minimum atomic E-state index is 0.348. The second-order valence-corrected chi connectivity index (χ2v) is 5.92. The van der Waals surface area contributed by atoms with E-state index in [4.69, 9.17) is 21.1 Å². The molecule has 1 atom stereocenters. The van der Waals surface area contributed by atoms with Gasteiger partial charge in [0, 0.05) is 22.7 Å². The Balaban J connectivity index is 2.15. The molecule has 0 bridgehead atoms. The van der Waals surface area contributed by atoms with Gasteiger partial charge in [0.15, 0.2) is 11.5 Å². The van der Waals surface area contributed by atoms with Crippen LogP contribution < -0.4 is 14.8 Å². The van der Waals surface area contributed by atoms with Crippen molar-refractivity contribution in [2.75, 3.05) is 19.8 Å². The van der Waals surface area contributed by atoms with Crippen LogP contribution >= 0.6 is 11.6 Å². The lowest BCUT2D eigenvalue weighted by Gasteiger charge is -2.28. The summed E-state index contributed by atoms with van der Waals surface area (Å²) >= 11 is 6.51. The number of nitrogens with one attached hydrogen (secondary N) is 1. The molecule has 19 heavy (non-hydrogen) atoms. The standard InChI is InChI=1S/C15H20ClNO2/c1-9(2)13-14(11-4-3-5-17-11)10(16)8-12-15(13)19-7-6-18-12/h8-9,11,17H,3-7H2,1-2H3. The lowest BCUT2D eigenvalue weighted by atomic mass is 9.90. The molecule has 0 aliphatic carbocycles. The van der Waals surface area contributed by atoms with Crippen molar-refractivity contribution >= 4 is 11.6 Å². The summed E-state index contributed by atoms with van der Waals surface area (Å²) < 4.78 is 11.5. The molecule has 2 heterocycles. The van der Waals surface area contributed by atoms with Gasteiger partial charge in [0.1, 0.15) is 13.2 Å². The molecule has 4 heteroatoms. The number of benzene rings is 1. The van der Waals surface area contributed by atoms with Gasteiger partial charge in [-0.3, -0.25) is 0 Å². The molecule has 1 unspecified atom stereocenters. The molecular weight excluding hydrogens is 262 g/mol. The van der Waals surface area contributed by atoms with Gasteiger partial charge in [0.05, 0.1) is 0 Å². The predicted octanol–water partition coefficient (Wildman–Crippen LogP) is 3.66. The summed E-state index contributed by atoms with van der Waals surface area (Å²) in [5, 5.41) is 4.33. The predicted molar refractivity (Wildman–Crippen MR) is 76.5 cm³/mol. The van der Waals surface area contributed by atoms with Gasteiger partial charge in [-0.05, 0) is 30.9 Å². The van der Waals surface area contributed by atoms with Crippen LogP contribution in [0.2, 0.25) is 5.02 Å². The van der Waals surface area contributed by atoms with Crippen molar-refractivity contribution in [3.63, 3.8) is 0 Å². The minimum absolute atomic E-state index is 0.348. The van der Waals surface area contributed by atoms with Crippen molar-refractivity contribution < 1.29 is 9.47 Å². The van der Waals surface area contributed by atoms with Crippen LogP contribution in [0.5, 0.6) is 11.5 Å². The van der Waals surface area contributed by atoms with E-state index in [0.717, 1.165) is 29.5 Å². The Morgan fingerprint density at radius 2 is 2.11 bits per heavy atom. The molecular formula is C15H20ClNO2. The maximum absolute atomic E-state index is 6.51. The van der Waals surface area contributed by atoms with Gasteiger partial charge in [-0.2, -0.15) is 0 Å². The van der Waals surface area contributed by atoms with E-state index < -0.39 is 0 Å². The first-order chi connectivity index (χ1) is 9.18. The largest absolute Gasteiger partial charge is 0.486 e. The first-order valence-corrected chi connectivity index (χ1v) is 7.41. The molecule has 1 fully saturated rings. The maximum atomic E-state index is 6.51. The fourth-order valence-electron chi connectivity index (χ4n) is 3.05. The summed E-state index contributed by atoms with van der Waals surface area (Å²) in [6, 6.07) is 2.26. The Labute approximate surface area is 119 Å². The van der Waals surface area contributed by atoms with Gasteiger partial charge in [0.25, 0.3) is 0 Å². The lowest BCUT2D eigenvalue weighted by molar-refractivity contribution is 0.169. The molecule has 3 nitrogen and oxygen atoms in total. The van der Waals surface area contributed by atoms with Crippen LogP contribution in [0.3, 0.4) is 0 Å². The van der Waals surface area contributed by atoms with Crippen LogP contribution in [-0.4, -0.2) is 19.8 Å². The minimum Gasteiger partial charge on any atom is -0.486 e. The average Bonchev–Trinajstić information content (AvgIpc) is 2.90. The fourth-order valence-corrected chi connectivity index (χ4v) is 3.38. The molecule has 2 aliphatic rings. The highest BCUT2D eigenvalue weighted by Gasteiger charge is 2.29. The zero-order valence-corrected chi connectivity index (χ0v) is 12.2. The van der Waals surface area contributed by atoms with Crippen molar-refractivity contribution in [1.29, 1.82) is 0 Å². The Bertz CT molecular complexity index is 482. The summed E-state index contributed by atoms with van der Waals surface area (Å²) in [5.74, 6) is 2.06. The van der Waals surface area contributed by atoms with E-state index in [1.807, 2.05) is 6.07 Å². The highest BCUT2D eigenvalue weighted by molar-refractivity contribution is 6.31. The molecule has 1 aromatic carbocycles. The number of rotatable bonds is 2. The van der Waals surface area contributed by atoms with Gasteiger partial charge in [-0.25, -0.2) is 0 Å². The SMILES string of the molecule is CC(C)c1c2c(cc(Cl)c1C1CCCN1)OCCO2. The first kappa shape index (κ1) is 13.1. The summed E-state index contributed by atoms with van der Waals surface area (Å²) in [5.41, 5.74) is 2.42. The van der Waals surface area contributed by atoms with E-state index >= 15 is 0 Å². The molecule has 3 rings (SSSR count). The van der Waals surface area contributed by atoms with Crippen LogP contribution in [0.15, 0.2) is 6.07 Å². The van der Waals surface area contributed by atoms with E-state index in [0.29, 0.717) is 25.2 Å². The third kappa shape index (κ3) is 2.30. The van der Waals surface area contributed by atoms with Gasteiger partial charge >= 0.3 is 0 Å². The molecule has 104 valence electrons. The van der Waals surface area contributed by atoms with E-state index in [2.05, 4.69) is 19.2 Å². The van der Waals surface area contributed by atoms with E-state index in [-0.39, 0.29) is 0 Å². The topological polar surface area (TPSA) is 30.5 Å². The van der Waals surface area contributed by atoms with Crippen LogP contribution in [0.4, 0.5) is 0 Å². The van der Waals surface area contributed by atoms with Crippen LogP contribution in [0.25, 0.3) is 0 Å². The number of hydrogen-bond acceptors (Lipinski definition) is 3. The van der Waals surface area contributed by atoms with Crippen LogP contribution in [-0.2, 0) is 0 Å². The third-order valence-corrected chi connectivity index (χ3v) is 4.16. The van der Waals surface area contributed by atoms with E-state index in [1.165, 1.54) is 17.5 Å². The quantitative estimate of drug-likeness (QED) is 0.897. The second-order valence-electron chi connectivity index (χ2n) is 5.51. The van der Waals surface area contributed by atoms with Gasteiger partial charge in [-0.1, -0.05) is 25.4 Å². The fraction of sp³-hybridized carbons (Fsp3) is 0.600. The van der Waals surface area contributed by atoms with E-state index in [1.54, 1.807) is 0 Å². The summed E-state index contributed by atoms with van der Waals surface area (Å²) in [7, 11) is 0. The highest BCUT2D eigenvalue weighted by atomic mass is 35.5. The van der Waals surface area contributed by atoms with Crippen molar-refractivity contribution in [2.45, 2.75) is 38.6 Å². The third-order valence-electron chi connectivity index (χ3n) is 3.85. The molecule has 1 saturated heterocycles. The lowest BCUT2D eigenvalue weighted by Crippen LogP contribution is -2.21. The summed E-state index contributed by atoms with van der Waals surface area (Å²) in [4.78, 5) is 0. The molecule has 0 spiro atoms. The maximum Gasteiger partial charge on any atom is 0.165 e. The van der Waals surface area contributed by atoms with Crippen molar-refractivity contribution in [3.05, 3.63) is 22.2 Å². The van der Waals surface area contributed by atoms with Crippen molar-refractivity contribution in [1.82, 2.24) is 5.32 Å². The average molecular weight is 282 g/mol. The first-order valence-electron chi connectivity index (χ1n) is 7.03. The number of ether oxygens (including phenoxy) is 2. The zero-order chi connectivity index (χ0) is 13.4. The Morgan fingerprint density at radius 1 is 1.32 bits per heavy atom. The molecule has 0 radical (unpaired) electrons. The smallest absolute Gasteiger partial charge is 0.165 e. The molecule has 0 aromatic heterocycles. The summed E-state index contributed by atoms with van der Waals surface area (Å²) in [6.07, 6.45) is 2.34. The molecule has 1 aromatic rings. The Kier molecular flexibility index (Phi) is 3.59.